The molecule has 0 atom stereocenters. The zero-order chi connectivity index (χ0) is 18.4. The first-order valence-corrected chi connectivity index (χ1v) is 11.1. The first kappa shape index (κ1) is 18.7. The molecule has 132 valence electrons. The van der Waals surface area contributed by atoms with Gasteiger partial charge in [0.15, 0.2) is 0 Å². The lowest BCUT2D eigenvalue weighted by Crippen LogP contribution is -2.29. The van der Waals surface area contributed by atoms with Crippen LogP contribution in [0.15, 0.2) is 89.4 Å². The van der Waals surface area contributed by atoms with E-state index in [1.165, 1.54) is 0 Å². The molecule has 3 rings (SSSR count). The molecule has 0 saturated heterocycles. The highest BCUT2D eigenvalue weighted by atomic mass is 79.9. The maximum Gasteiger partial charge on any atom is 0.331 e. The van der Waals surface area contributed by atoms with Crippen molar-refractivity contribution >= 4 is 50.5 Å². The van der Waals surface area contributed by atoms with E-state index in [4.69, 9.17) is 4.74 Å². The van der Waals surface area contributed by atoms with Crippen molar-refractivity contribution in [1.82, 2.24) is 0 Å². The lowest BCUT2D eigenvalue weighted by atomic mass is 10.4. The maximum absolute atomic E-state index is 12.6. The Morgan fingerprint density at radius 3 is 1.88 bits per heavy atom. The number of carbonyl (C=O) groups excluding carboxylic acids is 1. The number of carbonyl (C=O) groups is 1. The van der Waals surface area contributed by atoms with Gasteiger partial charge in [-0.3, -0.25) is 0 Å². The summed E-state index contributed by atoms with van der Waals surface area (Å²) in [6.45, 7) is -0.138. The van der Waals surface area contributed by atoms with Gasteiger partial charge >= 0.3 is 5.97 Å². The van der Waals surface area contributed by atoms with Crippen LogP contribution in [0.3, 0.4) is 0 Å². The van der Waals surface area contributed by atoms with Gasteiger partial charge in [-0.15, -0.1) is 0 Å². The van der Waals surface area contributed by atoms with Crippen LogP contribution in [0.2, 0.25) is 0 Å². The predicted molar refractivity (Wildman–Crippen MR) is 116 cm³/mol. The maximum atomic E-state index is 12.6. The highest BCUT2D eigenvalue weighted by Gasteiger charge is 2.28. The fraction of sp³-hybridized carbons (Fsp3) is 0.0909. The number of ether oxygens (including phenoxy) is 1. The van der Waals surface area contributed by atoms with E-state index in [1.54, 1.807) is 5.80 Å². The number of rotatable bonds is 5. The normalized spacial score (nSPS) is 11.0. The molecule has 0 amide bonds. The quantitative estimate of drug-likeness (QED) is 0.453. The molecule has 26 heavy (non-hydrogen) atoms. The lowest BCUT2D eigenvalue weighted by Gasteiger charge is -2.29. The molecule has 0 aromatic heterocycles. The summed E-state index contributed by atoms with van der Waals surface area (Å²) in [5.74, 6) is 1.51. The Labute approximate surface area is 162 Å². The Morgan fingerprint density at radius 2 is 1.38 bits per heavy atom. The van der Waals surface area contributed by atoms with E-state index in [2.05, 4.69) is 46.3 Å². The zero-order valence-electron chi connectivity index (χ0n) is 14.5. The second-order valence-electron chi connectivity index (χ2n) is 5.73. The molecule has 0 N–H and O–H groups in total. The first-order valence-electron chi connectivity index (χ1n) is 8.46. The summed E-state index contributed by atoms with van der Waals surface area (Å²) in [7, 11) is 0. The SMILES string of the molecule is CCOC(=O)C=P(c1ccccc1)(c1ccccc1)c1ccccc1Br. The van der Waals surface area contributed by atoms with Crippen molar-refractivity contribution in [2.75, 3.05) is 6.61 Å². The van der Waals surface area contributed by atoms with Crippen LogP contribution < -0.4 is 15.9 Å². The van der Waals surface area contributed by atoms with Gasteiger partial charge in [-0.25, -0.2) is 4.79 Å². The summed E-state index contributed by atoms with van der Waals surface area (Å²) < 4.78 is 6.31. The van der Waals surface area contributed by atoms with Gasteiger partial charge in [0.25, 0.3) is 0 Å². The molecule has 0 radical (unpaired) electrons. The molecule has 0 aliphatic heterocycles. The third-order valence-electron chi connectivity index (χ3n) is 4.15. The van der Waals surface area contributed by atoms with Gasteiger partial charge < -0.3 is 4.74 Å². The van der Waals surface area contributed by atoms with E-state index < -0.39 is 6.89 Å². The Balaban J connectivity index is 2.44. The molecule has 4 heteroatoms. The van der Waals surface area contributed by atoms with E-state index >= 15 is 0 Å². The van der Waals surface area contributed by atoms with E-state index in [-0.39, 0.29) is 5.97 Å². The summed E-state index contributed by atoms with van der Waals surface area (Å²) >= 11 is 3.71. The molecule has 0 aliphatic carbocycles. The number of hydrogen-bond acceptors (Lipinski definition) is 2. The van der Waals surface area contributed by atoms with Gasteiger partial charge in [-0.05, 0) is 35.8 Å². The number of benzene rings is 3. The third-order valence-corrected chi connectivity index (χ3v) is 9.12. The molecule has 0 heterocycles. The first-order chi connectivity index (χ1) is 12.7. The fourth-order valence-corrected chi connectivity index (χ4v) is 7.87. The Kier molecular flexibility index (Phi) is 6.13. The van der Waals surface area contributed by atoms with Gasteiger partial charge in [-0.2, -0.15) is 0 Å². The van der Waals surface area contributed by atoms with Crippen LogP contribution in [0.4, 0.5) is 0 Å². The van der Waals surface area contributed by atoms with E-state index in [9.17, 15) is 4.79 Å². The van der Waals surface area contributed by atoms with Gasteiger partial charge in [0.2, 0.25) is 0 Å². The topological polar surface area (TPSA) is 26.3 Å². The van der Waals surface area contributed by atoms with E-state index in [0.29, 0.717) is 6.61 Å². The minimum absolute atomic E-state index is 0.288. The van der Waals surface area contributed by atoms with Crippen LogP contribution in [0.1, 0.15) is 6.92 Å². The number of hydrogen-bond donors (Lipinski definition) is 0. The van der Waals surface area contributed by atoms with Gasteiger partial charge in [0, 0.05) is 10.3 Å². The van der Waals surface area contributed by atoms with Crippen LogP contribution in [0, 0.1) is 0 Å². The standard InChI is InChI=1S/C22H20BrO2P/c1-2-25-22(24)17-26(18-11-5-3-6-12-18,19-13-7-4-8-14-19)21-16-10-9-15-20(21)23/h3-17H,2H2,1H3. The third kappa shape index (κ3) is 3.70. The molecular formula is C22H20BrO2P. The Bertz CT molecular complexity index is 893. The molecule has 0 aliphatic rings. The monoisotopic (exact) mass is 426 g/mol. The Morgan fingerprint density at radius 1 is 0.885 bits per heavy atom. The summed E-state index contributed by atoms with van der Waals surface area (Å²) in [5, 5.41) is 3.34. The molecule has 0 spiro atoms. The molecule has 2 nitrogen and oxygen atoms in total. The largest absolute Gasteiger partial charge is 0.463 e. The number of esters is 1. The van der Waals surface area contributed by atoms with Crippen molar-refractivity contribution < 1.29 is 9.53 Å². The summed E-state index contributed by atoms with van der Waals surface area (Å²) in [5.41, 5.74) is 0. The second kappa shape index (κ2) is 8.53. The molecule has 0 unspecified atom stereocenters. The number of halogens is 1. The van der Waals surface area contributed by atoms with Crippen LogP contribution in [0.5, 0.6) is 0 Å². The average Bonchev–Trinajstić information content (AvgIpc) is 2.68. The Hall–Kier alpha value is -2.09. The smallest absolute Gasteiger partial charge is 0.331 e. The van der Waals surface area contributed by atoms with Crippen molar-refractivity contribution in [3.63, 3.8) is 0 Å². The lowest BCUT2D eigenvalue weighted by molar-refractivity contribution is -0.134. The molecular weight excluding hydrogens is 407 g/mol. The summed E-state index contributed by atoms with van der Waals surface area (Å²) in [4.78, 5) is 12.6. The molecule has 3 aromatic rings. The molecule has 3 aromatic carbocycles. The second-order valence-corrected chi connectivity index (χ2v) is 9.80. The molecule has 0 bridgehead atoms. The van der Waals surface area contributed by atoms with Crippen LogP contribution in [-0.2, 0) is 9.53 Å². The molecule has 0 saturated carbocycles. The van der Waals surface area contributed by atoms with Gasteiger partial charge in [-0.1, -0.05) is 94.8 Å². The van der Waals surface area contributed by atoms with Crippen LogP contribution >= 0.6 is 22.8 Å². The van der Waals surface area contributed by atoms with Gasteiger partial charge in [0.05, 0.1) is 6.61 Å². The van der Waals surface area contributed by atoms with E-state index in [0.717, 1.165) is 20.4 Å². The van der Waals surface area contributed by atoms with Crippen molar-refractivity contribution in [2.24, 2.45) is 0 Å². The van der Waals surface area contributed by atoms with Crippen molar-refractivity contribution in [3.8, 4) is 0 Å². The minimum Gasteiger partial charge on any atom is -0.463 e. The highest BCUT2D eigenvalue weighted by Crippen LogP contribution is 2.45. The van der Waals surface area contributed by atoms with Crippen molar-refractivity contribution in [2.45, 2.75) is 6.92 Å². The van der Waals surface area contributed by atoms with Gasteiger partial charge in [0.1, 0.15) is 0 Å². The average molecular weight is 427 g/mol. The fourth-order valence-electron chi connectivity index (χ4n) is 3.05. The summed E-state index contributed by atoms with van der Waals surface area (Å²) in [6.07, 6.45) is 0. The van der Waals surface area contributed by atoms with Crippen LogP contribution in [0.25, 0.3) is 0 Å². The zero-order valence-corrected chi connectivity index (χ0v) is 17.0. The van der Waals surface area contributed by atoms with Crippen LogP contribution in [-0.4, -0.2) is 18.4 Å². The van der Waals surface area contributed by atoms with Crippen molar-refractivity contribution in [1.29, 1.82) is 0 Å². The highest BCUT2D eigenvalue weighted by molar-refractivity contribution is 9.10. The predicted octanol–water partition coefficient (Wildman–Crippen LogP) is 4.11. The minimum atomic E-state index is -2.32. The van der Waals surface area contributed by atoms with E-state index in [1.807, 2.05) is 61.5 Å². The van der Waals surface area contributed by atoms with Crippen molar-refractivity contribution in [3.05, 3.63) is 89.4 Å². The molecule has 0 fully saturated rings. The summed E-state index contributed by atoms with van der Waals surface area (Å²) in [6, 6.07) is 28.5.